The van der Waals surface area contributed by atoms with Crippen molar-refractivity contribution in [2.24, 2.45) is 0 Å². The van der Waals surface area contributed by atoms with E-state index in [0.717, 1.165) is 11.2 Å². The Morgan fingerprint density at radius 3 is 2.17 bits per heavy atom. The Hall–Kier alpha value is -1.05. The molecule has 1 aromatic rings. The Morgan fingerprint density at radius 2 is 1.71 bits per heavy atom. The largest absolute Gasteiger partial charge is 0.325 e. The van der Waals surface area contributed by atoms with Gasteiger partial charge in [0.2, 0.25) is 5.91 Å². The lowest BCUT2D eigenvalue weighted by atomic mass is 9.95. The quantitative estimate of drug-likeness (QED) is 0.797. The topological polar surface area (TPSA) is 75.3 Å². The highest BCUT2D eigenvalue weighted by Crippen LogP contribution is 2.33. The molecule has 24 heavy (non-hydrogen) atoms. The van der Waals surface area contributed by atoms with Crippen molar-refractivity contribution in [2.45, 2.75) is 48.0 Å². The van der Waals surface area contributed by atoms with Crippen LogP contribution >= 0.6 is 11.8 Å². The van der Waals surface area contributed by atoms with Gasteiger partial charge in [-0.15, -0.1) is 11.8 Å². The van der Waals surface area contributed by atoms with E-state index in [1.54, 1.807) is 11.8 Å². The van der Waals surface area contributed by atoms with Crippen molar-refractivity contribution in [1.29, 1.82) is 0 Å². The number of hydrogen-bond donors (Lipinski definition) is 2. The SMILES string of the molecule is CC(C)(C)Sc1ccc(NC(=O)C2(S(C)(=O)=O)CCNCC2)cc1. The van der Waals surface area contributed by atoms with Gasteiger partial charge < -0.3 is 10.6 Å². The predicted octanol–water partition coefficient (Wildman–Crippen LogP) is 2.68. The lowest BCUT2D eigenvalue weighted by Gasteiger charge is -2.34. The molecule has 2 rings (SSSR count). The third-order valence-corrected chi connectivity index (χ3v) is 7.20. The monoisotopic (exact) mass is 370 g/mol. The van der Waals surface area contributed by atoms with Crippen molar-refractivity contribution in [3.05, 3.63) is 24.3 Å². The van der Waals surface area contributed by atoms with E-state index in [1.165, 1.54) is 0 Å². The van der Waals surface area contributed by atoms with E-state index < -0.39 is 20.5 Å². The summed E-state index contributed by atoms with van der Waals surface area (Å²) in [4.78, 5) is 13.8. The first kappa shape index (κ1) is 19.3. The average molecular weight is 371 g/mol. The molecule has 1 amide bonds. The number of amides is 1. The van der Waals surface area contributed by atoms with Crippen LogP contribution in [0.2, 0.25) is 0 Å². The zero-order chi connectivity index (χ0) is 18.0. The Morgan fingerprint density at radius 1 is 1.17 bits per heavy atom. The van der Waals surface area contributed by atoms with Gasteiger partial charge in [-0.05, 0) is 50.2 Å². The first-order chi connectivity index (χ1) is 11.0. The standard InChI is InChI=1S/C17H26N2O3S2/c1-16(2,3)23-14-7-5-13(6-8-14)19-15(20)17(24(4,21)22)9-11-18-12-10-17/h5-8,18H,9-12H2,1-4H3,(H,19,20). The summed E-state index contributed by atoms with van der Waals surface area (Å²) < 4.78 is 23.3. The fourth-order valence-electron chi connectivity index (χ4n) is 2.80. The van der Waals surface area contributed by atoms with Gasteiger partial charge in [0.25, 0.3) is 0 Å². The third kappa shape index (κ3) is 4.52. The van der Waals surface area contributed by atoms with E-state index >= 15 is 0 Å². The van der Waals surface area contributed by atoms with Crippen molar-refractivity contribution in [2.75, 3.05) is 24.7 Å². The van der Waals surface area contributed by atoms with Crippen LogP contribution in [-0.4, -0.2) is 43.2 Å². The first-order valence-electron chi connectivity index (χ1n) is 8.04. The second-order valence-corrected chi connectivity index (χ2v) is 11.4. The molecule has 2 N–H and O–H groups in total. The Labute approximate surface area is 148 Å². The molecule has 0 atom stereocenters. The number of anilines is 1. The van der Waals surface area contributed by atoms with Gasteiger partial charge in [0, 0.05) is 21.6 Å². The molecule has 134 valence electrons. The van der Waals surface area contributed by atoms with Gasteiger partial charge in [-0.1, -0.05) is 20.8 Å². The molecule has 1 heterocycles. The molecular formula is C17H26N2O3S2. The fraction of sp³-hybridized carbons (Fsp3) is 0.588. The molecule has 1 aromatic carbocycles. The summed E-state index contributed by atoms with van der Waals surface area (Å²) in [6.07, 6.45) is 1.76. The van der Waals surface area contributed by atoms with Crippen LogP contribution in [0.4, 0.5) is 5.69 Å². The molecule has 0 saturated carbocycles. The molecule has 0 spiro atoms. The molecule has 0 unspecified atom stereocenters. The van der Waals surface area contributed by atoms with Crippen LogP contribution in [0.1, 0.15) is 33.6 Å². The molecule has 7 heteroatoms. The number of thioether (sulfide) groups is 1. The zero-order valence-corrected chi connectivity index (χ0v) is 16.3. The van der Waals surface area contributed by atoms with Crippen LogP contribution in [0, 0.1) is 0 Å². The molecule has 0 aromatic heterocycles. The summed E-state index contributed by atoms with van der Waals surface area (Å²) in [5.74, 6) is -0.428. The second kappa shape index (κ2) is 7.06. The van der Waals surface area contributed by atoms with Gasteiger partial charge in [0.1, 0.15) is 0 Å². The molecule has 0 radical (unpaired) electrons. The number of rotatable bonds is 4. The predicted molar refractivity (Wildman–Crippen MR) is 100 cm³/mol. The average Bonchev–Trinajstić information content (AvgIpc) is 2.47. The van der Waals surface area contributed by atoms with Crippen molar-refractivity contribution in [3.63, 3.8) is 0 Å². The van der Waals surface area contributed by atoms with E-state index in [2.05, 4.69) is 31.4 Å². The van der Waals surface area contributed by atoms with Crippen molar-refractivity contribution in [1.82, 2.24) is 5.32 Å². The maximum Gasteiger partial charge on any atom is 0.245 e. The van der Waals surface area contributed by atoms with E-state index in [4.69, 9.17) is 0 Å². The van der Waals surface area contributed by atoms with Crippen molar-refractivity contribution in [3.8, 4) is 0 Å². The normalized spacial score (nSPS) is 18.2. The number of benzene rings is 1. The van der Waals surface area contributed by atoms with Gasteiger partial charge in [0.15, 0.2) is 14.6 Å². The fourth-order valence-corrected chi connectivity index (χ4v) is 5.11. The number of hydrogen-bond acceptors (Lipinski definition) is 5. The number of carbonyl (C=O) groups is 1. The highest BCUT2D eigenvalue weighted by atomic mass is 32.2. The van der Waals surface area contributed by atoms with E-state index in [-0.39, 0.29) is 4.75 Å². The summed E-state index contributed by atoms with van der Waals surface area (Å²) in [7, 11) is -3.50. The number of carbonyl (C=O) groups excluding carboxylic acids is 1. The van der Waals surface area contributed by atoms with Crippen LogP contribution in [0.25, 0.3) is 0 Å². The molecule has 0 aliphatic carbocycles. The van der Waals surface area contributed by atoms with E-state index in [9.17, 15) is 13.2 Å². The summed E-state index contributed by atoms with van der Waals surface area (Å²) in [5, 5.41) is 5.91. The van der Waals surface area contributed by atoms with Gasteiger partial charge in [-0.2, -0.15) is 0 Å². The minimum atomic E-state index is -3.50. The van der Waals surface area contributed by atoms with E-state index in [0.29, 0.717) is 31.6 Å². The van der Waals surface area contributed by atoms with Crippen molar-refractivity contribution < 1.29 is 13.2 Å². The zero-order valence-electron chi connectivity index (χ0n) is 14.7. The highest BCUT2D eigenvalue weighted by molar-refractivity contribution is 8.00. The third-order valence-electron chi connectivity index (χ3n) is 4.07. The van der Waals surface area contributed by atoms with Gasteiger partial charge >= 0.3 is 0 Å². The van der Waals surface area contributed by atoms with Crippen molar-refractivity contribution >= 4 is 33.2 Å². The number of nitrogens with one attached hydrogen (secondary N) is 2. The smallest absolute Gasteiger partial charge is 0.245 e. The maximum absolute atomic E-state index is 12.7. The number of sulfone groups is 1. The molecule has 1 fully saturated rings. The molecule has 1 saturated heterocycles. The molecule has 5 nitrogen and oxygen atoms in total. The van der Waals surface area contributed by atoms with Crippen LogP contribution in [0.5, 0.6) is 0 Å². The minimum Gasteiger partial charge on any atom is -0.325 e. The summed E-state index contributed by atoms with van der Waals surface area (Å²) in [6.45, 7) is 7.48. The molecule has 0 bridgehead atoms. The molecule has 1 aliphatic rings. The molecular weight excluding hydrogens is 344 g/mol. The lowest BCUT2D eigenvalue weighted by molar-refractivity contribution is -0.119. The summed E-state index contributed by atoms with van der Waals surface area (Å²) in [6, 6.07) is 7.54. The lowest BCUT2D eigenvalue weighted by Crippen LogP contribution is -2.55. The van der Waals surface area contributed by atoms with Crippen LogP contribution in [-0.2, 0) is 14.6 Å². The van der Waals surface area contributed by atoms with Gasteiger partial charge in [-0.25, -0.2) is 8.42 Å². The number of piperidine rings is 1. The first-order valence-corrected chi connectivity index (χ1v) is 10.8. The van der Waals surface area contributed by atoms with Crippen LogP contribution < -0.4 is 10.6 Å². The summed E-state index contributed by atoms with van der Waals surface area (Å²) >= 11 is 1.74. The van der Waals surface area contributed by atoms with Gasteiger partial charge in [-0.3, -0.25) is 4.79 Å². The second-order valence-electron chi connectivity index (χ2n) is 7.21. The Kier molecular flexibility index (Phi) is 5.67. The Bertz CT molecular complexity index is 686. The highest BCUT2D eigenvalue weighted by Gasteiger charge is 2.48. The molecule has 1 aliphatic heterocycles. The summed E-state index contributed by atoms with van der Waals surface area (Å²) in [5.41, 5.74) is 0.625. The van der Waals surface area contributed by atoms with Crippen LogP contribution in [0.15, 0.2) is 29.2 Å². The maximum atomic E-state index is 12.7. The van der Waals surface area contributed by atoms with Crippen LogP contribution in [0.3, 0.4) is 0 Å². The van der Waals surface area contributed by atoms with Gasteiger partial charge in [0.05, 0.1) is 0 Å². The minimum absolute atomic E-state index is 0.111. The van der Waals surface area contributed by atoms with E-state index in [1.807, 2.05) is 24.3 Å². The Balaban J connectivity index is 2.16.